The molecule has 1 aromatic carbocycles. The Kier molecular flexibility index (Phi) is 6.06. The molecule has 0 unspecified atom stereocenters. The molecular formula is C16H24BrN3O. The van der Waals surface area contributed by atoms with Gasteiger partial charge in [0, 0.05) is 30.7 Å². The molecule has 0 aliphatic heterocycles. The van der Waals surface area contributed by atoms with Crippen LogP contribution in [0.2, 0.25) is 0 Å². The van der Waals surface area contributed by atoms with Crippen LogP contribution >= 0.6 is 15.9 Å². The Morgan fingerprint density at radius 3 is 2.81 bits per heavy atom. The second kappa shape index (κ2) is 7.80. The number of hydrogen-bond acceptors (Lipinski definition) is 3. The topological polar surface area (TPSA) is 44.4 Å². The van der Waals surface area contributed by atoms with Crippen molar-refractivity contribution in [2.75, 3.05) is 25.0 Å². The van der Waals surface area contributed by atoms with Crippen molar-refractivity contribution in [3.05, 3.63) is 28.2 Å². The zero-order valence-electron chi connectivity index (χ0n) is 12.8. The lowest BCUT2D eigenvalue weighted by atomic mass is 10.2. The summed E-state index contributed by atoms with van der Waals surface area (Å²) in [5, 5.41) is 6.40. The van der Waals surface area contributed by atoms with E-state index in [1.54, 1.807) is 0 Å². The van der Waals surface area contributed by atoms with Crippen LogP contribution in [0.25, 0.3) is 0 Å². The molecule has 1 saturated carbocycles. The average Bonchev–Trinajstić information content (AvgIpc) is 3.27. The predicted octanol–water partition coefficient (Wildman–Crippen LogP) is 2.66. The van der Waals surface area contributed by atoms with Crippen LogP contribution in [0.1, 0.15) is 31.7 Å². The van der Waals surface area contributed by atoms with E-state index in [2.05, 4.69) is 51.7 Å². The highest BCUT2D eigenvalue weighted by Gasteiger charge is 2.20. The van der Waals surface area contributed by atoms with Crippen LogP contribution in [0, 0.1) is 0 Å². The summed E-state index contributed by atoms with van der Waals surface area (Å²) < 4.78 is 1.03. The second-order valence-electron chi connectivity index (χ2n) is 5.65. The number of rotatable bonds is 8. The van der Waals surface area contributed by atoms with Gasteiger partial charge in [0.2, 0.25) is 5.91 Å². The van der Waals surface area contributed by atoms with Crippen molar-refractivity contribution in [2.24, 2.45) is 0 Å². The highest BCUT2D eigenvalue weighted by atomic mass is 79.9. The fourth-order valence-corrected chi connectivity index (χ4v) is 2.87. The van der Waals surface area contributed by atoms with Gasteiger partial charge in [0.25, 0.3) is 0 Å². The maximum atomic E-state index is 11.8. The molecule has 21 heavy (non-hydrogen) atoms. The molecule has 0 heterocycles. The number of likely N-dealkylation sites (N-methyl/N-ethyl adjacent to an activating group) is 1. The van der Waals surface area contributed by atoms with Gasteiger partial charge in [0.15, 0.2) is 0 Å². The van der Waals surface area contributed by atoms with Crippen LogP contribution in [0.3, 0.4) is 0 Å². The zero-order valence-corrected chi connectivity index (χ0v) is 14.4. The zero-order chi connectivity index (χ0) is 15.2. The molecule has 0 radical (unpaired) electrons. The number of amides is 1. The van der Waals surface area contributed by atoms with E-state index in [0.717, 1.165) is 29.7 Å². The number of carbonyl (C=O) groups excluding carboxylic acids is 1. The summed E-state index contributed by atoms with van der Waals surface area (Å²) in [6.07, 6.45) is 3.56. The van der Waals surface area contributed by atoms with Crippen LogP contribution in [0.5, 0.6) is 0 Å². The molecule has 2 rings (SSSR count). The monoisotopic (exact) mass is 353 g/mol. The summed E-state index contributed by atoms with van der Waals surface area (Å²) in [6, 6.07) is 7.04. The Balaban J connectivity index is 1.90. The quantitative estimate of drug-likeness (QED) is 0.755. The van der Waals surface area contributed by atoms with Crippen molar-refractivity contribution in [1.29, 1.82) is 0 Å². The smallest absolute Gasteiger partial charge is 0.239 e. The molecule has 0 atom stereocenters. The number of benzene rings is 1. The third kappa shape index (κ3) is 5.32. The molecule has 2 N–H and O–H groups in total. The van der Waals surface area contributed by atoms with Crippen molar-refractivity contribution in [3.8, 4) is 0 Å². The first-order valence-electron chi connectivity index (χ1n) is 7.59. The van der Waals surface area contributed by atoms with E-state index >= 15 is 0 Å². The van der Waals surface area contributed by atoms with Gasteiger partial charge in [-0.15, -0.1) is 0 Å². The molecule has 1 aliphatic rings. The van der Waals surface area contributed by atoms with E-state index in [0.29, 0.717) is 12.6 Å². The molecule has 1 aliphatic carbocycles. The minimum absolute atomic E-state index is 0.0609. The van der Waals surface area contributed by atoms with Crippen LogP contribution in [0.4, 0.5) is 5.69 Å². The van der Waals surface area contributed by atoms with E-state index in [9.17, 15) is 4.79 Å². The van der Waals surface area contributed by atoms with E-state index in [-0.39, 0.29) is 5.91 Å². The van der Waals surface area contributed by atoms with Crippen LogP contribution in [0.15, 0.2) is 22.7 Å². The van der Waals surface area contributed by atoms with Crippen molar-refractivity contribution < 1.29 is 4.79 Å². The fourth-order valence-electron chi connectivity index (χ4n) is 2.14. The second-order valence-corrected chi connectivity index (χ2v) is 6.50. The predicted molar refractivity (Wildman–Crippen MR) is 90.6 cm³/mol. The Hall–Kier alpha value is -1.07. The van der Waals surface area contributed by atoms with Gasteiger partial charge in [0.05, 0.1) is 12.2 Å². The van der Waals surface area contributed by atoms with Crippen molar-refractivity contribution in [1.82, 2.24) is 10.6 Å². The van der Waals surface area contributed by atoms with Crippen molar-refractivity contribution >= 4 is 27.5 Å². The third-order valence-electron chi connectivity index (χ3n) is 3.55. The Bertz CT molecular complexity index is 488. The van der Waals surface area contributed by atoms with Crippen molar-refractivity contribution in [3.63, 3.8) is 0 Å². The number of halogens is 1. The van der Waals surface area contributed by atoms with Crippen LogP contribution in [-0.4, -0.2) is 32.1 Å². The van der Waals surface area contributed by atoms with Gasteiger partial charge in [-0.3, -0.25) is 4.79 Å². The molecular weight excluding hydrogens is 330 g/mol. The summed E-state index contributed by atoms with van der Waals surface area (Å²) in [5.41, 5.74) is 2.30. The third-order valence-corrected chi connectivity index (χ3v) is 4.18. The molecule has 4 nitrogen and oxygen atoms in total. The summed E-state index contributed by atoms with van der Waals surface area (Å²) in [5.74, 6) is 0.0609. The highest BCUT2D eigenvalue weighted by Crippen LogP contribution is 2.27. The van der Waals surface area contributed by atoms with Gasteiger partial charge in [-0.05, 0) is 52.9 Å². The first-order valence-corrected chi connectivity index (χ1v) is 8.39. The molecule has 0 aromatic heterocycles. The van der Waals surface area contributed by atoms with Gasteiger partial charge in [0.1, 0.15) is 0 Å². The standard InChI is InChI=1S/C16H24BrN3O/c1-3-8-18-16(21)11-20(2)15-7-4-12(9-14(15)17)10-19-13-5-6-13/h4,7,9,13,19H,3,5-6,8,10-11H2,1-2H3,(H,18,21). The van der Waals surface area contributed by atoms with Crippen LogP contribution < -0.4 is 15.5 Å². The largest absolute Gasteiger partial charge is 0.364 e. The summed E-state index contributed by atoms with van der Waals surface area (Å²) >= 11 is 3.61. The number of nitrogens with one attached hydrogen (secondary N) is 2. The Morgan fingerprint density at radius 1 is 1.43 bits per heavy atom. The lowest BCUT2D eigenvalue weighted by molar-refractivity contribution is -0.119. The minimum atomic E-state index is 0.0609. The molecule has 5 heteroatoms. The van der Waals surface area contributed by atoms with Gasteiger partial charge < -0.3 is 15.5 Å². The Labute approximate surface area is 135 Å². The normalized spacial score (nSPS) is 14.0. The molecule has 0 bridgehead atoms. The molecule has 1 fully saturated rings. The van der Waals surface area contributed by atoms with Crippen molar-refractivity contribution in [2.45, 2.75) is 38.8 Å². The fraction of sp³-hybridized carbons (Fsp3) is 0.562. The lowest BCUT2D eigenvalue weighted by Gasteiger charge is -2.21. The molecule has 1 aromatic rings. The Morgan fingerprint density at radius 2 is 2.19 bits per heavy atom. The SMILES string of the molecule is CCCNC(=O)CN(C)c1ccc(CNC2CC2)cc1Br. The minimum Gasteiger partial charge on any atom is -0.364 e. The van der Waals surface area contributed by atoms with Gasteiger partial charge in [-0.1, -0.05) is 13.0 Å². The van der Waals surface area contributed by atoms with Gasteiger partial charge in [-0.2, -0.15) is 0 Å². The molecule has 1 amide bonds. The first-order chi connectivity index (χ1) is 10.1. The lowest BCUT2D eigenvalue weighted by Crippen LogP contribution is -2.35. The van der Waals surface area contributed by atoms with E-state index in [4.69, 9.17) is 0 Å². The summed E-state index contributed by atoms with van der Waals surface area (Å²) in [6.45, 7) is 4.07. The number of hydrogen-bond donors (Lipinski definition) is 2. The number of nitrogens with zero attached hydrogens (tertiary/aromatic N) is 1. The maximum absolute atomic E-state index is 11.8. The average molecular weight is 354 g/mol. The molecule has 0 spiro atoms. The summed E-state index contributed by atoms with van der Waals surface area (Å²) in [4.78, 5) is 13.7. The van der Waals surface area contributed by atoms with Gasteiger partial charge >= 0.3 is 0 Å². The van der Waals surface area contributed by atoms with Gasteiger partial charge in [-0.25, -0.2) is 0 Å². The van der Waals surface area contributed by atoms with E-state index in [1.165, 1.54) is 18.4 Å². The molecule has 116 valence electrons. The molecule has 0 saturated heterocycles. The first kappa shape index (κ1) is 16.3. The summed E-state index contributed by atoms with van der Waals surface area (Å²) in [7, 11) is 1.94. The number of carbonyl (C=O) groups is 1. The highest BCUT2D eigenvalue weighted by molar-refractivity contribution is 9.10. The van der Waals surface area contributed by atoms with E-state index < -0.39 is 0 Å². The maximum Gasteiger partial charge on any atom is 0.239 e. The number of anilines is 1. The van der Waals surface area contributed by atoms with Crippen LogP contribution in [-0.2, 0) is 11.3 Å². The van der Waals surface area contributed by atoms with E-state index in [1.807, 2.05) is 11.9 Å².